The fraction of sp³-hybridized carbons (Fsp3) is 0.462. The van der Waals surface area contributed by atoms with Crippen LogP contribution in [0.2, 0.25) is 0 Å². The van der Waals surface area contributed by atoms with Gasteiger partial charge in [-0.25, -0.2) is 0 Å². The highest BCUT2D eigenvalue weighted by molar-refractivity contribution is 8.14. The van der Waals surface area contributed by atoms with E-state index >= 15 is 0 Å². The lowest BCUT2D eigenvalue weighted by Gasteiger charge is -2.18. The van der Waals surface area contributed by atoms with E-state index in [2.05, 4.69) is 49.3 Å². The van der Waals surface area contributed by atoms with Gasteiger partial charge in [0.2, 0.25) is 0 Å². The summed E-state index contributed by atoms with van der Waals surface area (Å²) in [5.74, 6) is 1.87. The van der Waals surface area contributed by atoms with Gasteiger partial charge in [-0.2, -0.15) is 0 Å². The highest BCUT2D eigenvalue weighted by atomic mass is 32.2. The number of nitrogens with one attached hydrogen (secondary N) is 1. The van der Waals surface area contributed by atoms with E-state index < -0.39 is 0 Å². The third kappa shape index (κ3) is 3.01. The molecule has 0 aromatic heterocycles. The largest absolute Gasteiger partial charge is 0.335 e. The Bertz CT molecular complexity index is 392. The van der Waals surface area contributed by atoms with E-state index in [1.807, 2.05) is 11.8 Å². The second-order valence-electron chi connectivity index (χ2n) is 4.56. The third-order valence-electron chi connectivity index (χ3n) is 2.52. The van der Waals surface area contributed by atoms with Gasteiger partial charge in [0, 0.05) is 18.0 Å². The van der Waals surface area contributed by atoms with Crippen molar-refractivity contribution >= 4 is 22.6 Å². The van der Waals surface area contributed by atoms with Gasteiger partial charge in [0.05, 0.1) is 0 Å². The molecule has 0 spiro atoms. The van der Waals surface area contributed by atoms with E-state index in [0.717, 1.165) is 23.2 Å². The molecular weight excluding hydrogens is 216 g/mol. The number of thioether (sulfide) groups is 1. The lowest BCUT2D eigenvalue weighted by atomic mass is 10.1. The molecule has 16 heavy (non-hydrogen) atoms. The van der Waals surface area contributed by atoms with Crippen LogP contribution in [-0.4, -0.2) is 17.5 Å². The zero-order valence-electron chi connectivity index (χ0n) is 10.1. The average Bonchev–Trinajstić information content (AvgIpc) is 2.20. The summed E-state index contributed by atoms with van der Waals surface area (Å²) < 4.78 is 0. The molecule has 0 radical (unpaired) electrons. The first-order valence-corrected chi connectivity index (χ1v) is 6.64. The standard InChI is InChI=1S/C13H18N2S/c1-9-4-10(2)6-12(5-9)15-13-14-7-11(3)8-16-13/h4-6,11H,7-8H2,1-3H3,(H,14,15). The van der Waals surface area contributed by atoms with Crippen LogP contribution in [0.25, 0.3) is 0 Å². The van der Waals surface area contributed by atoms with Crippen LogP contribution < -0.4 is 5.32 Å². The number of nitrogens with zero attached hydrogens (tertiary/aromatic N) is 1. The first kappa shape index (κ1) is 11.5. The topological polar surface area (TPSA) is 24.4 Å². The predicted molar refractivity (Wildman–Crippen MR) is 73.5 cm³/mol. The molecule has 1 unspecified atom stereocenters. The molecule has 2 rings (SSSR count). The van der Waals surface area contributed by atoms with Crippen molar-refractivity contribution < 1.29 is 0 Å². The Morgan fingerprint density at radius 2 is 1.94 bits per heavy atom. The normalized spacial score (nSPS) is 20.4. The molecule has 0 amide bonds. The fourth-order valence-corrected chi connectivity index (χ4v) is 2.71. The maximum absolute atomic E-state index is 4.53. The number of hydrogen-bond acceptors (Lipinski definition) is 3. The van der Waals surface area contributed by atoms with Gasteiger partial charge in [-0.1, -0.05) is 24.8 Å². The molecule has 86 valence electrons. The van der Waals surface area contributed by atoms with Crippen LogP contribution in [0, 0.1) is 19.8 Å². The van der Waals surface area contributed by atoms with E-state index in [9.17, 15) is 0 Å². The maximum Gasteiger partial charge on any atom is 0.161 e. The second kappa shape index (κ2) is 4.91. The Labute approximate surface area is 102 Å². The summed E-state index contributed by atoms with van der Waals surface area (Å²) in [6.45, 7) is 7.43. The summed E-state index contributed by atoms with van der Waals surface area (Å²) in [7, 11) is 0. The number of hydrogen-bond donors (Lipinski definition) is 1. The third-order valence-corrected chi connectivity index (χ3v) is 3.76. The molecule has 2 nitrogen and oxygen atoms in total. The van der Waals surface area contributed by atoms with Crippen molar-refractivity contribution in [2.45, 2.75) is 20.8 Å². The number of rotatable bonds is 1. The number of aliphatic imine (C=N–C) groups is 1. The zero-order valence-corrected chi connectivity index (χ0v) is 10.9. The van der Waals surface area contributed by atoms with E-state index in [0.29, 0.717) is 5.92 Å². The van der Waals surface area contributed by atoms with Gasteiger partial charge < -0.3 is 5.32 Å². The molecule has 0 saturated heterocycles. The second-order valence-corrected chi connectivity index (χ2v) is 5.57. The molecule has 1 aliphatic heterocycles. The maximum atomic E-state index is 4.53. The molecule has 1 atom stereocenters. The minimum Gasteiger partial charge on any atom is -0.335 e. The van der Waals surface area contributed by atoms with Gasteiger partial charge in [-0.15, -0.1) is 0 Å². The van der Waals surface area contributed by atoms with Crippen molar-refractivity contribution in [3.63, 3.8) is 0 Å². The van der Waals surface area contributed by atoms with Crippen LogP contribution in [0.1, 0.15) is 18.1 Å². The van der Waals surface area contributed by atoms with Crippen LogP contribution in [-0.2, 0) is 0 Å². The number of benzene rings is 1. The van der Waals surface area contributed by atoms with Crippen molar-refractivity contribution in [3.8, 4) is 0 Å². The van der Waals surface area contributed by atoms with E-state index in [4.69, 9.17) is 0 Å². The Balaban J connectivity index is 2.09. The molecule has 1 heterocycles. The Morgan fingerprint density at radius 3 is 2.50 bits per heavy atom. The van der Waals surface area contributed by atoms with Gasteiger partial charge in [0.25, 0.3) is 0 Å². The minimum atomic E-state index is 0.704. The van der Waals surface area contributed by atoms with Gasteiger partial charge >= 0.3 is 0 Å². The van der Waals surface area contributed by atoms with E-state index in [1.54, 1.807) is 0 Å². The summed E-state index contributed by atoms with van der Waals surface area (Å²) in [5.41, 5.74) is 3.73. The highest BCUT2D eigenvalue weighted by Gasteiger charge is 2.12. The molecule has 1 aromatic carbocycles. The average molecular weight is 234 g/mol. The molecule has 3 heteroatoms. The summed E-state index contributed by atoms with van der Waals surface area (Å²) in [6.07, 6.45) is 0. The first-order chi connectivity index (χ1) is 7.63. The first-order valence-electron chi connectivity index (χ1n) is 5.66. The monoisotopic (exact) mass is 234 g/mol. The summed E-state index contributed by atoms with van der Waals surface area (Å²) in [6, 6.07) is 6.51. The summed E-state index contributed by atoms with van der Waals surface area (Å²) in [4.78, 5) is 4.53. The van der Waals surface area contributed by atoms with Gasteiger partial charge in [-0.05, 0) is 43.0 Å². The minimum absolute atomic E-state index is 0.704. The predicted octanol–water partition coefficient (Wildman–Crippen LogP) is 3.45. The molecule has 0 saturated carbocycles. The van der Waals surface area contributed by atoms with E-state index in [-0.39, 0.29) is 0 Å². The molecule has 1 aliphatic rings. The number of aryl methyl sites for hydroxylation is 2. The van der Waals surface area contributed by atoms with Crippen molar-refractivity contribution in [2.75, 3.05) is 17.6 Å². The zero-order chi connectivity index (χ0) is 11.5. The molecule has 0 bridgehead atoms. The number of anilines is 1. The molecule has 0 fully saturated rings. The van der Waals surface area contributed by atoms with Gasteiger partial charge in [-0.3, -0.25) is 4.99 Å². The Morgan fingerprint density at radius 1 is 1.25 bits per heavy atom. The smallest absolute Gasteiger partial charge is 0.161 e. The fourth-order valence-electron chi connectivity index (χ4n) is 1.80. The summed E-state index contributed by atoms with van der Waals surface area (Å²) in [5, 5.41) is 4.45. The lowest BCUT2D eigenvalue weighted by Crippen LogP contribution is -2.18. The number of amidine groups is 1. The van der Waals surface area contributed by atoms with Crippen molar-refractivity contribution in [1.29, 1.82) is 0 Å². The Kier molecular flexibility index (Phi) is 3.54. The van der Waals surface area contributed by atoms with Crippen LogP contribution in [0.5, 0.6) is 0 Å². The molecular formula is C13H18N2S. The van der Waals surface area contributed by atoms with Crippen LogP contribution >= 0.6 is 11.8 Å². The van der Waals surface area contributed by atoms with Crippen molar-refractivity contribution in [3.05, 3.63) is 29.3 Å². The summed E-state index contributed by atoms with van der Waals surface area (Å²) >= 11 is 1.82. The molecule has 0 aliphatic carbocycles. The molecule has 1 aromatic rings. The van der Waals surface area contributed by atoms with Crippen LogP contribution in [0.3, 0.4) is 0 Å². The SMILES string of the molecule is Cc1cc(C)cc(NC2=NCC(C)CS2)c1. The van der Waals surface area contributed by atoms with Crippen molar-refractivity contribution in [1.82, 2.24) is 0 Å². The van der Waals surface area contributed by atoms with Crippen LogP contribution in [0.4, 0.5) is 5.69 Å². The van der Waals surface area contributed by atoms with Gasteiger partial charge in [0.15, 0.2) is 5.17 Å². The van der Waals surface area contributed by atoms with Crippen molar-refractivity contribution in [2.24, 2.45) is 10.9 Å². The highest BCUT2D eigenvalue weighted by Crippen LogP contribution is 2.20. The quantitative estimate of drug-likeness (QED) is 0.805. The van der Waals surface area contributed by atoms with E-state index in [1.165, 1.54) is 11.1 Å². The lowest BCUT2D eigenvalue weighted by molar-refractivity contribution is 0.674. The molecule has 1 N–H and O–H groups in total. The Hall–Kier alpha value is -0.960. The van der Waals surface area contributed by atoms with Gasteiger partial charge in [0.1, 0.15) is 0 Å². The van der Waals surface area contributed by atoms with Crippen LogP contribution in [0.15, 0.2) is 23.2 Å².